The number of carbonyl (C=O) groups is 2. The lowest BCUT2D eigenvalue weighted by Crippen LogP contribution is -2.47. The number of carbonyl (C=O) groups excluding carboxylic acids is 2. The lowest BCUT2D eigenvalue weighted by molar-refractivity contribution is 0.0664. The third kappa shape index (κ3) is 6.00. The van der Waals surface area contributed by atoms with Crippen molar-refractivity contribution in [2.24, 2.45) is 5.73 Å². The van der Waals surface area contributed by atoms with Crippen molar-refractivity contribution in [1.29, 1.82) is 0 Å². The van der Waals surface area contributed by atoms with Crippen LogP contribution >= 0.6 is 0 Å². The van der Waals surface area contributed by atoms with Crippen LogP contribution in [0.1, 0.15) is 64.1 Å². The second-order valence-corrected chi connectivity index (χ2v) is 12.5. The third-order valence-corrected chi connectivity index (χ3v) is 9.30. The average Bonchev–Trinajstić information content (AvgIpc) is 3.91. The minimum atomic E-state index is -0.692. The van der Waals surface area contributed by atoms with E-state index in [1.165, 1.54) is 18.4 Å². The van der Waals surface area contributed by atoms with Crippen LogP contribution in [0.5, 0.6) is 0 Å². The summed E-state index contributed by atoms with van der Waals surface area (Å²) in [6.07, 6.45) is 7.69. The highest BCUT2D eigenvalue weighted by atomic mass is 16.2. The van der Waals surface area contributed by atoms with E-state index in [0.717, 1.165) is 43.2 Å². The molecule has 45 heavy (non-hydrogen) atoms. The summed E-state index contributed by atoms with van der Waals surface area (Å²) in [6.45, 7) is 4.44. The molecule has 232 valence electrons. The van der Waals surface area contributed by atoms with Gasteiger partial charge in [0.05, 0.1) is 12.2 Å². The van der Waals surface area contributed by atoms with Gasteiger partial charge in [-0.05, 0) is 86.0 Å². The molecule has 0 radical (unpaired) electrons. The fraction of sp³-hybridized carbons (Fsp3) is 0.382. The van der Waals surface area contributed by atoms with Crippen molar-refractivity contribution in [2.75, 3.05) is 56.5 Å². The zero-order chi connectivity index (χ0) is 31.1. The average molecular weight is 607 g/mol. The van der Waals surface area contributed by atoms with E-state index in [4.69, 9.17) is 10.7 Å². The molecule has 1 atom stereocenters. The van der Waals surface area contributed by atoms with Gasteiger partial charge < -0.3 is 30.3 Å². The van der Waals surface area contributed by atoms with E-state index in [9.17, 15) is 14.4 Å². The number of nitrogens with two attached hydrogens (primary N) is 1. The molecule has 7 rings (SSSR count). The van der Waals surface area contributed by atoms with Gasteiger partial charge in [-0.15, -0.1) is 0 Å². The molecule has 2 amide bonds. The summed E-state index contributed by atoms with van der Waals surface area (Å²) in [5.74, 6) is 0.789. The number of hydrogen-bond donors (Lipinski definition) is 2. The molecule has 3 fully saturated rings. The van der Waals surface area contributed by atoms with E-state index in [1.54, 1.807) is 30.5 Å². The Kier molecular flexibility index (Phi) is 7.70. The monoisotopic (exact) mass is 606 g/mol. The molecule has 1 saturated carbocycles. The largest absolute Gasteiger partial charge is 0.364 e. The van der Waals surface area contributed by atoms with Gasteiger partial charge >= 0.3 is 0 Å². The van der Waals surface area contributed by atoms with Crippen LogP contribution in [0.25, 0.3) is 10.8 Å². The highest BCUT2D eigenvalue weighted by Crippen LogP contribution is 2.40. The van der Waals surface area contributed by atoms with Gasteiger partial charge in [-0.25, -0.2) is 9.97 Å². The lowest BCUT2D eigenvalue weighted by atomic mass is 10.0. The van der Waals surface area contributed by atoms with Gasteiger partial charge in [-0.2, -0.15) is 0 Å². The summed E-state index contributed by atoms with van der Waals surface area (Å²) in [5.41, 5.74) is 8.29. The first kappa shape index (κ1) is 29.0. The molecule has 2 saturated heterocycles. The maximum absolute atomic E-state index is 13.5. The zero-order valence-electron chi connectivity index (χ0n) is 25.5. The topological polar surface area (TPSA) is 130 Å². The Balaban J connectivity index is 1.09. The predicted molar refractivity (Wildman–Crippen MR) is 174 cm³/mol. The Morgan fingerprint density at radius 1 is 0.956 bits per heavy atom. The lowest BCUT2D eigenvalue weighted by Gasteiger charge is -2.34. The fourth-order valence-corrected chi connectivity index (χ4v) is 6.45. The van der Waals surface area contributed by atoms with Crippen LogP contribution < -0.4 is 21.5 Å². The smallest absolute Gasteiger partial charge is 0.271 e. The van der Waals surface area contributed by atoms with Gasteiger partial charge in [0.15, 0.2) is 11.5 Å². The quantitative estimate of drug-likeness (QED) is 0.326. The van der Waals surface area contributed by atoms with E-state index in [0.29, 0.717) is 42.6 Å². The van der Waals surface area contributed by atoms with Crippen molar-refractivity contribution in [3.8, 4) is 0 Å². The van der Waals surface area contributed by atoms with Crippen molar-refractivity contribution in [2.45, 2.75) is 37.6 Å². The fourth-order valence-electron chi connectivity index (χ4n) is 6.45. The van der Waals surface area contributed by atoms with E-state index < -0.39 is 5.91 Å². The van der Waals surface area contributed by atoms with Crippen molar-refractivity contribution < 1.29 is 9.59 Å². The van der Waals surface area contributed by atoms with Crippen LogP contribution in [-0.4, -0.2) is 82.5 Å². The summed E-state index contributed by atoms with van der Waals surface area (Å²) in [5, 5.41) is 4.92. The minimum absolute atomic E-state index is 0.00226. The number of hydrogen-bond acceptors (Lipinski definition) is 8. The molecular weight excluding hydrogens is 568 g/mol. The number of rotatable bonds is 7. The first-order chi connectivity index (χ1) is 21.8. The number of likely N-dealkylation sites (N-methyl/N-ethyl adjacent to an activating group) is 1. The molecule has 2 aromatic heterocycles. The van der Waals surface area contributed by atoms with E-state index in [-0.39, 0.29) is 29.0 Å². The molecule has 2 aliphatic heterocycles. The minimum Gasteiger partial charge on any atom is -0.364 e. The number of primary amides is 1. The molecular formula is C34H38N8O3. The summed E-state index contributed by atoms with van der Waals surface area (Å²) >= 11 is 0. The van der Waals surface area contributed by atoms with Crippen LogP contribution in [0, 0.1) is 0 Å². The van der Waals surface area contributed by atoms with Crippen molar-refractivity contribution in [3.05, 3.63) is 88.1 Å². The molecule has 4 heterocycles. The maximum Gasteiger partial charge on any atom is 0.271 e. The summed E-state index contributed by atoms with van der Waals surface area (Å²) in [4.78, 5) is 54.1. The summed E-state index contributed by atoms with van der Waals surface area (Å²) in [7, 11) is 2.06. The predicted octanol–water partition coefficient (Wildman–Crippen LogP) is 3.74. The Morgan fingerprint density at radius 3 is 2.47 bits per heavy atom. The number of fused-ring (bicyclic) bond motifs is 1. The Morgan fingerprint density at radius 2 is 1.73 bits per heavy atom. The number of nitrogens with one attached hydrogen (secondary N) is 1. The van der Waals surface area contributed by atoms with Gasteiger partial charge in [0.2, 0.25) is 0 Å². The van der Waals surface area contributed by atoms with E-state index >= 15 is 0 Å². The van der Waals surface area contributed by atoms with Crippen LogP contribution in [0.2, 0.25) is 0 Å². The van der Waals surface area contributed by atoms with Crippen LogP contribution in [0.15, 0.2) is 65.7 Å². The number of benzene rings is 2. The van der Waals surface area contributed by atoms with Gasteiger partial charge in [0.1, 0.15) is 5.82 Å². The van der Waals surface area contributed by atoms with Crippen molar-refractivity contribution >= 4 is 39.9 Å². The van der Waals surface area contributed by atoms with Gasteiger partial charge in [-0.3, -0.25) is 14.4 Å². The van der Waals surface area contributed by atoms with E-state index in [1.807, 2.05) is 21.7 Å². The van der Waals surface area contributed by atoms with Gasteiger partial charge in [0.25, 0.3) is 17.4 Å². The Hall–Kier alpha value is -4.77. The van der Waals surface area contributed by atoms with Crippen LogP contribution in [-0.2, 0) is 0 Å². The summed E-state index contributed by atoms with van der Waals surface area (Å²) in [6, 6.07) is 15.4. The molecule has 11 nitrogen and oxygen atoms in total. The standard InChI is InChI=1S/C34H38N8O3/c1-39-15-17-40(18-16-39)33(44)23-6-9-26(10-7-23)37-32-30(31(35)43)36-20-29(38-32)41-13-2-3-27(21-41)42-14-12-25-19-24(22-4-5-22)8-11-28(25)34(42)45/h6-12,14,19-20,22,27H,2-5,13,15-18,21H2,1H3,(H2,35,43)(H,37,38)/t27-/m1/s1. The molecule has 0 unspecified atom stereocenters. The molecule has 0 bridgehead atoms. The highest BCUT2D eigenvalue weighted by Gasteiger charge is 2.27. The maximum atomic E-state index is 13.5. The first-order valence-corrected chi connectivity index (χ1v) is 15.8. The first-order valence-electron chi connectivity index (χ1n) is 15.8. The van der Waals surface area contributed by atoms with Gasteiger partial charge in [0, 0.05) is 62.1 Å². The molecule has 1 aliphatic carbocycles. The number of nitrogens with zero attached hydrogens (tertiary/aromatic N) is 6. The number of amides is 2. The second-order valence-electron chi connectivity index (χ2n) is 12.5. The Labute approximate surface area is 261 Å². The number of piperidine rings is 1. The molecule has 11 heteroatoms. The molecule has 2 aromatic carbocycles. The second kappa shape index (κ2) is 12.0. The molecule has 4 aromatic rings. The van der Waals surface area contributed by atoms with Crippen molar-refractivity contribution in [3.63, 3.8) is 0 Å². The number of pyridine rings is 1. The Bertz CT molecular complexity index is 1810. The molecule has 3 aliphatic rings. The van der Waals surface area contributed by atoms with Crippen molar-refractivity contribution in [1.82, 2.24) is 24.3 Å². The molecule has 0 spiro atoms. The number of anilines is 3. The molecule has 3 N–H and O–H groups in total. The van der Waals surface area contributed by atoms with Crippen LogP contribution in [0.3, 0.4) is 0 Å². The van der Waals surface area contributed by atoms with E-state index in [2.05, 4.69) is 45.3 Å². The SMILES string of the molecule is CN1CCN(C(=O)c2ccc(Nc3nc(N4CCC[C@@H](n5ccc6cc(C7CC7)ccc6c5=O)C4)cnc3C(N)=O)cc2)CC1. The number of piperazine rings is 1. The third-order valence-electron chi connectivity index (χ3n) is 9.30. The highest BCUT2D eigenvalue weighted by molar-refractivity contribution is 5.97. The zero-order valence-corrected chi connectivity index (χ0v) is 25.5. The van der Waals surface area contributed by atoms with Gasteiger partial charge in [-0.1, -0.05) is 12.1 Å². The number of aromatic nitrogens is 3. The van der Waals surface area contributed by atoms with Crippen LogP contribution in [0.4, 0.5) is 17.3 Å². The summed E-state index contributed by atoms with van der Waals surface area (Å²) < 4.78 is 1.85. The normalized spacial score (nSPS) is 19.1.